The highest BCUT2D eigenvalue weighted by Gasteiger charge is 1.97. The molecule has 0 aliphatic rings. The molecule has 2 N–H and O–H groups in total. The summed E-state index contributed by atoms with van der Waals surface area (Å²) in [6.07, 6.45) is 3.51. The number of aromatic nitrogens is 1. The smallest absolute Gasteiger partial charge is 0.191 e. The summed E-state index contributed by atoms with van der Waals surface area (Å²) in [5.41, 5.74) is 1.05. The van der Waals surface area contributed by atoms with Crippen LogP contribution in [-0.4, -0.2) is 24.5 Å². The van der Waals surface area contributed by atoms with Crippen LogP contribution in [0.2, 0.25) is 5.15 Å². The van der Waals surface area contributed by atoms with E-state index in [2.05, 4.69) is 27.2 Å². The maximum Gasteiger partial charge on any atom is 0.191 e. The van der Waals surface area contributed by atoms with E-state index in [1.807, 2.05) is 6.07 Å². The SMILES string of the molecule is C=CCNC(=NC)NCc1ccc(Cl)nc1. The fourth-order valence-corrected chi connectivity index (χ4v) is 1.20. The van der Waals surface area contributed by atoms with Crippen LogP contribution in [0.3, 0.4) is 0 Å². The van der Waals surface area contributed by atoms with Gasteiger partial charge in [0.1, 0.15) is 5.15 Å². The molecule has 0 spiro atoms. The van der Waals surface area contributed by atoms with Crippen LogP contribution in [0.25, 0.3) is 0 Å². The minimum atomic E-state index is 0.498. The van der Waals surface area contributed by atoms with E-state index in [-0.39, 0.29) is 0 Å². The van der Waals surface area contributed by atoms with Crippen molar-refractivity contribution in [3.8, 4) is 0 Å². The second-order valence-electron chi connectivity index (χ2n) is 3.08. The van der Waals surface area contributed by atoms with Crippen molar-refractivity contribution < 1.29 is 0 Å². The van der Waals surface area contributed by atoms with Gasteiger partial charge in [0.15, 0.2) is 5.96 Å². The number of aliphatic imine (C=N–C) groups is 1. The lowest BCUT2D eigenvalue weighted by atomic mass is 10.3. The molecule has 0 saturated carbocycles. The van der Waals surface area contributed by atoms with Crippen molar-refractivity contribution in [2.45, 2.75) is 6.54 Å². The molecule has 1 aromatic heterocycles. The minimum absolute atomic E-state index is 0.498. The van der Waals surface area contributed by atoms with E-state index in [4.69, 9.17) is 11.6 Å². The van der Waals surface area contributed by atoms with Gasteiger partial charge in [-0.05, 0) is 11.6 Å². The number of guanidine groups is 1. The van der Waals surface area contributed by atoms with Crippen LogP contribution in [0, 0.1) is 0 Å². The molecule has 0 unspecified atom stereocenters. The van der Waals surface area contributed by atoms with Gasteiger partial charge in [0, 0.05) is 26.3 Å². The lowest BCUT2D eigenvalue weighted by Gasteiger charge is -2.09. The Morgan fingerprint density at radius 2 is 2.38 bits per heavy atom. The van der Waals surface area contributed by atoms with E-state index in [0.717, 1.165) is 11.5 Å². The summed E-state index contributed by atoms with van der Waals surface area (Å²) in [5.74, 6) is 0.731. The summed E-state index contributed by atoms with van der Waals surface area (Å²) in [6.45, 7) is 4.96. The molecular formula is C11H15ClN4. The molecule has 1 aromatic rings. The van der Waals surface area contributed by atoms with Gasteiger partial charge in [0.2, 0.25) is 0 Å². The van der Waals surface area contributed by atoms with Crippen LogP contribution in [0.15, 0.2) is 36.0 Å². The fraction of sp³-hybridized carbons (Fsp3) is 0.273. The lowest BCUT2D eigenvalue weighted by Crippen LogP contribution is -2.36. The lowest BCUT2D eigenvalue weighted by molar-refractivity contribution is 0.843. The second kappa shape index (κ2) is 6.85. The summed E-state index contributed by atoms with van der Waals surface area (Å²) in [7, 11) is 1.72. The van der Waals surface area contributed by atoms with E-state index in [9.17, 15) is 0 Å². The molecule has 0 radical (unpaired) electrons. The fourth-order valence-electron chi connectivity index (χ4n) is 1.09. The van der Waals surface area contributed by atoms with Gasteiger partial charge < -0.3 is 10.6 Å². The third-order valence-electron chi connectivity index (χ3n) is 1.89. The van der Waals surface area contributed by atoms with Gasteiger partial charge in [0.25, 0.3) is 0 Å². The number of nitrogens with one attached hydrogen (secondary N) is 2. The first-order valence-electron chi connectivity index (χ1n) is 4.92. The van der Waals surface area contributed by atoms with Crippen molar-refractivity contribution >= 4 is 17.6 Å². The number of nitrogens with zero attached hydrogens (tertiary/aromatic N) is 2. The van der Waals surface area contributed by atoms with Crippen molar-refractivity contribution in [2.75, 3.05) is 13.6 Å². The van der Waals surface area contributed by atoms with E-state index >= 15 is 0 Å². The first-order valence-corrected chi connectivity index (χ1v) is 5.30. The van der Waals surface area contributed by atoms with E-state index < -0.39 is 0 Å². The molecule has 0 aliphatic heterocycles. The largest absolute Gasteiger partial charge is 0.353 e. The van der Waals surface area contributed by atoms with Crippen LogP contribution < -0.4 is 10.6 Å². The Hall–Kier alpha value is -1.55. The van der Waals surface area contributed by atoms with Gasteiger partial charge in [-0.15, -0.1) is 6.58 Å². The third-order valence-corrected chi connectivity index (χ3v) is 2.11. The van der Waals surface area contributed by atoms with Gasteiger partial charge in [-0.25, -0.2) is 4.98 Å². The molecule has 1 rings (SSSR count). The Labute approximate surface area is 100 Å². The predicted octanol–water partition coefficient (Wildman–Crippen LogP) is 1.59. The highest BCUT2D eigenvalue weighted by atomic mass is 35.5. The van der Waals surface area contributed by atoms with Crippen LogP contribution in [-0.2, 0) is 6.54 Å². The highest BCUT2D eigenvalue weighted by molar-refractivity contribution is 6.29. The van der Waals surface area contributed by atoms with Crippen LogP contribution in [0.4, 0.5) is 0 Å². The molecule has 0 bridgehead atoms. The van der Waals surface area contributed by atoms with Gasteiger partial charge in [-0.3, -0.25) is 4.99 Å². The Morgan fingerprint density at radius 3 is 2.94 bits per heavy atom. The van der Waals surface area contributed by atoms with Crippen molar-refractivity contribution in [2.24, 2.45) is 4.99 Å². The zero-order valence-electron chi connectivity index (χ0n) is 9.20. The van der Waals surface area contributed by atoms with Gasteiger partial charge in [-0.1, -0.05) is 23.7 Å². The first-order chi connectivity index (χ1) is 7.76. The van der Waals surface area contributed by atoms with Crippen LogP contribution in [0.5, 0.6) is 0 Å². The number of pyridine rings is 1. The molecule has 0 aliphatic carbocycles. The molecule has 0 aromatic carbocycles. The summed E-state index contributed by atoms with van der Waals surface area (Å²) in [5, 5.41) is 6.72. The number of hydrogen-bond acceptors (Lipinski definition) is 2. The monoisotopic (exact) mass is 238 g/mol. The zero-order chi connectivity index (χ0) is 11.8. The standard InChI is InChI=1S/C11H15ClN4/c1-3-6-14-11(13-2)16-8-9-4-5-10(12)15-7-9/h3-5,7H,1,6,8H2,2H3,(H2,13,14,16). The molecule has 4 nitrogen and oxygen atoms in total. The molecule has 5 heteroatoms. The molecule has 86 valence electrons. The molecule has 16 heavy (non-hydrogen) atoms. The maximum absolute atomic E-state index is 5.69. The third kappa shape index (κ3) is 4.31. The minimum Gasteiger partial charge on any atom is -0.353 e. The summed E-state index contributed by atoms with van der Waals surface area (Å²) < 4.78 is 0. The topological polar surface area (TPSA) is 49.3 Å². The Bertz CT molecular complexity index is 359. The quantitative estimate of drug-likeness (QED) is 0.363. The second-order valence-corrected chi connectivity index (χ2v) is 3.47. The normalized spacial score (nSPS) is 11.0. The molecule has 0 amide bonds. The Kier molecular flexibility index (Phi) is 5.36. The summed E-state index contributed by atoms with van der Waals surface area (Å²) in [6, 6.07) is 3.68. The van der Waals surface area contributed by atoms with E-state index in [0.29, 0.717) is 18.2 Å². The highest BCUT2D eigenvalue weighted by Crippen LogP contribution is 2.04. The summed E-state index contributed by atoms with van der Waals surface area (Å²) >= 11 is 5.69. The average molecular weight is 239 g/mol. The molecule has 0 fully saturated rings. The van der Waals surface area contributed by atoms with Crippen LogP contribution in [0.1, 0.15) is 5.56 Å². The molecule has 0 saturated heterocycles. The van der Waals surface area contributed by atoms with Crippen molar-refractivity contribution in [3.05, 3.63) is 41.7 Å². The van der Waals surface area contributed by atoms with Crippen LogP contribution >= 0.6 is 11.6 Å². The van der Waals surface area contributed by atoms with Crippen molar-refractivity contribution in [1.29, 1.82) is 0 Å². The molecule has 1 heterocycles. The van der Waals surface area contributed by atoms with E-state index in [1.54, 1.807) is 25.4 Å². The number of hydrogen-bond donors (Lipinski definition) is 2. The maximum atomic E-state index is 5.69. The predicted molar refractivity (Wildman–Crippen MR) is 67.6 cm³/mol. The molecule has 0 atom stereocenters. The Balaban J connectivity index is 2.43. The average Bonchev–Trinajstić information content (AvgIpc) is 2.32. The van der Waals surface area contributed by atoms with Gasteiger partial charge in [0.05, 0.1) is 0 Å². The first kappa shape index (κ1) is 12.5. The number of halogens is 1. The number of rotatable bonds is 4. The zero-order valence-corrected chi connectivity index (χ0v) is 9.96. The van der Waals surface area contributed by atoms with Gasteiger partial charge >= 0.3 is 0 Å². The molecular weight excluding hydrogens is 224 g/mol. The Morgan fingerprint density at radius 1 is 1.56 bits per heavy atom. The van der Waals surface area contributed by atoms with Crippen molar-refractivity contribution in [3.63, 3.8) is 0 Å². The van der Waals surface area contributed by atoms with E-state index in [1.165, 1.54) is 0 Å². The summed E-state index contributed by atoms with van der Waals surface area (Å²) in [4.78, 5) is 8.05. The van der Waals surface area contributed by atoms with Gasteiger partial charge in [-0.2, -0.15) is 0 Å². The van der Waals surface area contributed by atoms with Crippen molar-refractivity contribution in [1.82, 2.24) is 15.6 Å².